The van der Waals surface area contributed by atoms with Gasteiger partial charge in [0.1, 0.15) is 6.04 Å². The van der Waals surface area contributed by atoms with Gasteiger partial charge in [-0.15, -0.1) is 0 Å². The van der Waals surface area contributed by atoms with Gasteiger partial charge in [0.2, 0.25) is 21.5 Å². The Morgan fingerprint density at radius 3 is 2.27 bits per heavy atom. The number of nitrogens with one attached hydrogen (secondary N) is 3. The molecule has 0 aliphatic rings. The quantitative estimate of drug-likeness (QED) is 0.406. The smallest absolute Gasteiger partial charge is 0.248 e. The van der Waals surface area contributed by atoms with Gasteiger partial charge in [-0.05, 0) is 60.2 Å². The van der Waals surface area contributed by atoms with Crippen LogP contribution in [0.3, 0.4) is 0 Å². The second-order valence-corrected chi connectivity index (χ2v) is 9.51. The van der Waals surface area contributed by atoms with Crippen LogP contribution in [0, 0.1) is 13.8 Å². The van der Waals surface area contributed by atoms with E-state index in [2.05, 4.69) is 15.0 Å². The monoisotopic (exact) mass is 461 g/mol. The van der Waals surface area contributed by atoms with Crippen molar-refractivity contribution in [2.45, 2.75) is 24.8 Å². The van der Waals surface area contributed by atoms with Gasteiger partial charge in [0, 0.05) is 17.3 Å². The first-order chi connectivity index (χ1) is 15.7. The number of hydrogen-bond donors (Lipinski definition) is 3. The number of sulfonamides is 1. The van der Waals surface area contributed by atoms with E-state index in [1.54, 1.807) is 36.4 Å². The van der Waals surface area contributed by atoms with Crippen molar-refractivity contribution in [1.82, 2.24) is 9.71 Å². The third-order valence-electron chi connectivity index (χ3n) is 5.40. The molecule has 8 heteroatoms. The number of H-pyrrole nitrogens is 1. The molecule has 1 unspecified atom stereocenters. The lowest BCUT2D eigenvalue weighted by molar-refractivity contribution is -0.117. The number of aromatic nitrogens is 1. The van der Waals surface area contributed by atoms with Crippen molar-refractivity contribution in [3.05, 3.63) is 106 Å². The number of amides is 1. The highest BCUT2D eigenvalue weighted by Crippen LogP contribution is 2.24. The van der Waals surface area contributed by atoms with E-state index in [9.17, 15) is 18.0 Å². The van der Waals surface area contributed by atoms with Gasteiger partial charge in [-0.1, -0.05) is 48.5 Å². The number of anilines is 1. The number of hydrogen-bond acceptors (Lipinski definition) is 4. The molecule has 0 aliphatic carbocycles. The Morgan fingerprint density at radius 2 is 1.58 bits per heavy atom. The maximum absolute atomic E-state index is 13.3. The lowest BCUT2D eigenvalue weighted by Gasteiger charge is -2.20. The predicted molar refractivity (Wildman–Crippen MR) is 129 cm³/mol. The second-order valence-electron chi connectivity index (χ2n) is 7.79. The van der Waals surface area contributed by atoms with Crippen LogP contribution < -0.4 is 15.6 Å². The van der Waals surface area contributed by atoms with E-state index in [0.29, 0.717) is 22.2 Å². The van der Waals surface area contributed by atoms with Crippen LogP contribution in [0.15, 0.2) is 88.6 Å². The number of rotatable bonds is 6. The molecule has 168 valence electrons. The van der Waals surface area contributed by atoms with Gasteiger partial charge < -0.3 is 10.3 Å². The number of carbonyl (C=O) groups excluding carboxylic acids is 1. The van der Waals surface area contributed by atoms with E-state index < -0.39 is 22.0 Å². The van der Waals surface area contributed by atoms with Crippen molar-refractivity contribution in [2.24, 2.45) is 0 Å². The summed E-state index contributed by atoms with van der Waals surface area (Å²) in [6, 6.07) is 20.4. The van der Waals surface area contributed by atoms with Crippen LogP contribution in [0.1, 0.15) is 22.7 Å². The first kappa shape index (κ1) is 22.4. The number of pyridine rings is 1. The highest BCUT2D eigenvalue weighted by Gasteiger charge is 2.28. The zero-order valence-electron chi connectivity index (χ0n) is 18.1. The fourth-order valence-corrected chi connectivity index (χ4v) is 4.87. The number of carbonyl (C=O) groups is 1. The Labute approximate surface area is 191 Å². The maximum atomic E-state index is 13.3. The van der Waals surface area contributed by atoms with Crippen LogP contribution >= 0.6 is 0 Å². The molecule has 7 nitrogen and oxygen atoms in total. The molecular formula is C25H23N3O4S. The van der Waals surface area contributed by atoms with Gasteiger partial charge in [-0.2, -0.15) is 4.72 Å². The van der Waals surface area contributed by atoms with Crippen molar-refractivity contribution in [2.75, 3.05) is 5.32 Å². The summed E-state index contributed by atoms with van der Waals surface area (Å²) >= 11 is 0. The van der Waals surface area contributed by atoms with Gasteiger partial charge in [-0.25, -0.2) is 8.42 Å². The van der Waals surface area contributed by atoms with E-state index in [4.69, 9.17) is 0 Å². The molecule has 0 saturated heterocycles. The molecule has 1 heterocycles. The summed E-state index contributed by atoms with van der Waals surface area (Å²) in [7, 11) is -4.07. The molecule has 3 N–H and O–H groups in total. The van der Waals surface area contributed by atoms with Gasteiger partial charge in [0.05, 0.1) is 4.90 Å². The molecular weight excluding hydrogens is 438 g/mol. The topological polar surface area (TPSA) is 108 Å². The maximum Gasteiger partial charge on any atom is 0.248 e. The zero-order chi connectivity index (χ0) is 23.6. The van der Waals surface area contributed by atoms with Gasteiger partial charge in [-0.3, -0.25) is 9.59 Å². The largest absolute Gasteiger partial charge is 0.324 e. The molecule has 1 atom stereocenters. The average molecular weight is 462 g/mol. The third-order valence-corrected chi connectivity index (χ3v) is 6.82. The SMILES string of the molecule is Cc1cccc(C)c1NC(=O)C(NS(=O)(=O)c1ccc2[nH]c(=O)ccc2c1)c1ccccc1. The van der Waals surface area contributed by atoms with E-state index in [1.165, 1.54) is 24.3 Å². The van der Waals surface area contributed by atoms with Crippen molar-refractivity contribution < 1.29 is 13.2 Å². The van der Waals surface area contributed by atoms with Crippen LogP contribution in [0.5, 0.6) is 0 Å². The van der Waals surface area contributed by atoms with Gasteiger partial charge in [0.25, 0.3) is 0 Å². The molecule has 1 amide bonds. The number of benzene rings is 3. The number of aromatic amines is 1. The fraction of sp³-hybridized carbons (Fsp3) is 0.120. The lowest BCUT2D eigenvalue weighted by Crippen LogP contribution is -2.37. The number of aryl methyl sites for hydroxylation is 2. The number of para-hydroxylation sites is 1. The van der Waals surface area contributed by atoms with Crippen molar-refractivity contribution in [1.29, 1.82) is 0 Å². The summed E-state index contributed by atoms with van der Waals surface area (Å²) in [5.74, 6) is -0.493. The second kappa shape index (κ2) is 9.01. The average Bonchev–Trinajstić information content (AvgIpc) is 2.80. The molecule has 3 aromatic carbocycles. The van der Waals surface area contributed by atoms with E-state index in [0.717, 1.165) is 11.1 Å². The molecule has 0 spiro atoms. The van der Waals surface area contributed by atoms with E-state index in [1.807, 2.05) is 32.0 Å². The van der Waals surface area contributed by atoms with Crippen molar-refractivity contribution in [3.8, 4) is 0 Å². The summed E-state index contributed by atoms with van der Waals surface area (Å²) in [5.41, 5.74) is 3.16. The predicted octanol–water partition coefficient (Wildman–Crippen LogP) is 3.80. The standard InChI is InChI=1S/C25H23N3O4S/c1-16-7-6-8-17(2)23(16)27-25(30)24(18-9-4-3-5-10-18)28-33(31,32)20-12-13-21-19(15-20)11-14-22(29)26-21/h3-15,24,28H,1-2H3,(H,26,29)(H,27,30). The van der Waals surface area contributed by atoms with Crippen LogP contribution in [-0.2, 0) is 14.8 Å². The molecule has 0 saturated carbocycles. The Balaban J connectivity index is 1.70. The van der Waals surface area contributed by atoms with Crippen LogP contribution in [-0.4, -0.2) is 19.3 Å². The van der Waals surface area contributed by atoms with Crippen LogP contribution in [0.25, 0.3) is 10.9 Å². The summed E-state index contributed by atoms with van der Waals surface area (Å²) in [4.78, 5) is 27.5. The van der Waals surface area contributed by atoms with E-state index >= 15 is 0 Å². The van der Waals surface area contributed by atoms with Gasteiger partial charge >= 0.3 is 0 Å². The minimum atomic E-state index is -4.07. The van der Waals surface area contributed by atoms with Gasteiger partial charge in [0.15, 0.2) is 0 Å². The molecule has 33 heavy (non-hydrogen) atoms. The normalized spacial score (nSPS) is 12.4. The van der Waals surface area contributed by atoms with Crippen molar-refractivity contribution in [3.63, 3.8) is 0 Å². The molecule has 4 aromatic rings. The van der Waals surface area contributed by atoms with Crippen LogP contribution in [0.2, 0.25) is 0 Å². The minimum Gasteiger partial charge on any atom is -0.324 e. The molecule has 0 fully saturated rings. The Morgan fingerprint density at radius 1 is 0.879 bits per heavy atom. The third kappa shape index (κ3) is 4.87. The zero-order valence-corrected chi connectivity index (χ0v) is 18.9. The fourth-order valence-electron chi connectivity index (χ4n) is 3.65. The Kier molecular flexibility index (Phi) is 6.13. The Hall–Kier alpha value is -3.75. The lowest BCUT2D eigenvalue weighted by atomic mass is 10.1. The van der Waals surface area contributed by atoms with E-state index in [-0.39, 0.29) is 10.5 Å². The summed E-state index contributed by atoms with van der Waals surface area (Å²) in [6.07, 6.45) is 0. The summed E-state index contributed by atoms with van der Waals surface area (Å²) < 4.78 is 29.1. The molecule has 0 bridgehead atoms. The molecule has 4 rings (SSSR count). The van der Waals surface area contributed by atoms with Crippen LogP contribution in [0.4, 0.5) is 5.69 Å². The Bertz CT molecular complexity index is 1480. The molecule has 0 radical (unpaired) electrons. The highest BCUT2D eigenvalue weighted by atomic mass is 32.2. The highest BCUT2D eigenvalue weighted by molar-refractivity contribution is 7.89. The first-order valence-electron chi connectivity index (χ1n) is 10.3. The summed E-state index contributed by atoms with van der Waals surface area (Å²) in [5, 5.41) is 3.44. The minimum absolute atomic E-state index is 0.0112. The first-order valence-corrected chi connectivity index (χ1v) is 11.8. The number of fused-ring (bicyclic) bond motifs is 1. The molecule has 0 aliphatic heterocycles. The molecule has 1 aromatic heterocycles. The summed E-state index contributed by atoms with van der Waals surface area (Å²) in [6.45, 7) is 3.76. The van der Waals surface area contributed by atoms with Crippen molar-refractivity contribution >= 4 is 32.5 Å².